The molecule has 0 rings (SSSR count). The van der Waals surface area contributed by atoms with Crippen molar-refractivity contribution in [3.8, 4) is 5.92 Å². The van der Waals surface area contributed by atoms with Gasteiger partial charge in [0.2, 0.25) is 0 Å². The van der Waals surface area contributed by atoms with E-state index in [-0.39, 0.29) is 0 Å². The Morgan fingerprint density at radius 1 is 0.385 bits per heavy atom. The van der Waals surface area contributed by atoms with E-state index in [1.54, 1.807) is 0 Å². The van der Waals surface area contributed by atoms with Crippen molar-refractivity contribution in [1.82, 2.24) is 0 Å². The van der Waals surface area contributed by atoms with E-state index >= 15 is 0 Å². The average molecular weight is 361 g/mol. The fraction of sp³-hybridized carbons (Fsp3) is 0.885. The van der Waals surface area contributed by atoms with Gasteiger partial charge in [-0.2, -0.15) is 0 Å². The maximum Gasteiger partial charge on any atom is 0.00989 e. The summed E-state index contributed by atoms with van der Waals surface area (Å²) in [5.74, 6) is 2.48. The summed E-state index contributed by atoms with van der Waals surface area (Å²) in [6.45, 7) is 3.90. The fourth-order valence-electron chi connectivity index (χ4n) is 3.75. The minimum Gasteiger partial charge on any atom is -0.0891 e. The number of hydrogen-bond donors (Lipinski definition) is 0. The zero-order valence-electron chi connectivity index (χ0n) is 18.0. The molecule has 0 aliphatic carbocycles. The predicted molar refractivity (Wildman–Crippen MR) is 119 cm³/mol. The molecule has 0 unspecified atom stereocenters. The maximum atomic E-state index is 6.87. The minimum atomic E-state index is 0.859. The van der Waals surface area contributed by atoms with Gasteiger partial charge in [0.25, 0.3) is 0 Å². The molecular formula is C26H48. The number of unbranched alkanes of at least 4 members (excludes halogenated alkanes) is 22. The van der Waals surface area contributed by atoms with Gasteiger partial charge in [-0.1, -0.05) is 148 Å². The molecule has 0 nitrogen and oxygen atoms in total. The van der Waals surface area contributed by atoms with E-state index in [1.807, 2.05) is 0 Å². The van der Waals surface area contributed by atoms with Gasteiger partial charge in [-0.25, -0.2) is 0 Å². The molecule has 0 heterocycles. The zero-order valence-corrected chi connectivity index (χ0v) is 18.0. The van der Waals surface area contributed by atoms with E-state index in [1.165, 1.54) is 135 Å². The quantitative estimate of drug-likeness (QED) is 0.133. The van der Waals surface area contributed by atoms with Crippen molar-refractivity contribution in [1.29, 1.82) is 0 Å². The van der Waals surface area contributed by atoms with Crippen molar-refractivity contribution in [2.45, 2.75) is 148 Å². The van der Waals surface area contributed by atoms with Crippen LogP contribution < -0.4 is 0 Å². The molecule has 0 saturated carbocycles. The highest BCUT2D eigenvalue weighted by Crippen LogP contribution is 2.15. The molecule has 0 aromatic carbocycles. The van der Waals surface area contributed by atoms with Gasteiger partial charge in [0, 0.05) is 6.42 Å². The van der Waals surface area contributed by atoms with Crippen LogP contribution in [0.4, 0.5) is 0 Å². The molecule has 0 bridgehead atoms. The summed E-state index contributed by atoms with van der Waals surface area (Å²) >= 11 is 0. The Balaban J connectivity index is 2.96. The average Bonchev–Trinajstić information content (AvgIpc) is 2.66. The zero-order chi connectivity index (χ0) is 19.0. The van der Waals surface area contributed by atoms with Crippen LogP contribution in [-0.2, 0) is 0 Å². The Morgan fingerprint density at radius 2 is 0.615 bits per heavy atom. The highest BCUT2D eigenvalue weighted by molar-refractivity contribution is 4.74. The molecular weight excluding hydrogens is 312 g/mol. The molecule has 0 amide bonds. The first kappa shape index (κ1) is 25.6. The van der Waals surface area contributed by atoms with Gasteiger partial charge < -0.3 is 0 Å². The molecule has 0 aromatic heterocycles. The van der Waals surface area contributed by atoms with E-state index < -0.39 is 0 Å². The summed E-state index contributed by atoms with van der Waals surface area (Å²) in [4.78, 5) is 0. The van der Waals surface area contributed by atoms with Crippen LogP contribution in [0.2, 0.25) is 0 Å². The van der Waals surface area contributed by atoms with Crippen molar-refractivity contribution in [3.63, 3.8) is 0 Å². The minimum absolute atomic E-state index is 0.859. The molecule has 0 N–H and O–H groups in total. The summed E-state index contributed by atoms with van der Waals surface area (Å²) in [6, 6.07) is 0. The van der Waals surface area contributed by atoms with Gasteiger partial charge in [-0.05, 0) is 12.8 Å². The van der Waals surface area contributed by atoms with Gasteiger partial charge in [-0.15, -0.1) is 0 Å². The standard InChI is InChI=1S/C26H48/c1-3-5-7-9-11-13-15-17-19-21-23-25-26-24-22-20-18-16-14-12-10-8-6-4-2/h1,3,5-26H2. The molecule has 152 valence electrons. The molecule has 0 aromatic rings. The Hall–Kier alpha value is -0.440. The lowest BCUT2D eigenvalue weighted by molar-refractivity contribution is 0.520. The summed E-state index contributed by atoms with van der Waals surface area (Å²) in [6.07, 6.45) is 38.6. The molecule has 2 radical (unpaired) electrons. The van der Waals surface area contributed by atoms with Crippen molar-refractivity contribution < 1.29 is 0 Å². The topological polar surface area (TPSA) is 0 Å². The SMILES string of the molecule is [C]#CCCCCCCCCCCCCCCCCCCCCCCC[CH2]. The second-order valence-electron chi connectivity index (χ2n) is 8.20. The highest BCUT2D eigenvalue weighted by atomic mass is 14.0. The molecule has 0 heteroatoms. The van der Waals surface area contributed by atoms with Gasteiger partial charge in [0.1, 0.15) is 0 Å². The van der Waals surface area contributed by atoms with E-state index in [9.17, 15) is 0 Å². The monoisotopic (exact) mass is 360 g/mol. The smallest absolute Gasteiger partial charge is 0.00989 e. The van der Waals surface area contributed by atoms with Crippen LogP contribution in [0, 0.1) is 19.3 Å². The Kier molecular flexibility index (Phi) is 24.1. The third-order valence-corrected chi connectivity index (χ3v) is 5.55. The molecule has 0 fully saturated rings. The molecule has 26 heavy (non-hydrogen) atoms. The van der Waals surface area contributed by atoms with Crippen LogP contribution in [0.1, 0.15) is 148 Å². The molecule has 0 aliphatic rings. The second kappa shape index (κ2) is 24.6. The van der Waals surface area contributed by atoms with Crippen LogP contribution in [0.5, 0.6) is 0 Å². The maximum absolute atomic E-state index is 6.87. The summed E-state index contributed by atoms with van der Waals surface area (Å²) < 4.78 is 0. The van der Waals surface area contributed by atoms with Crippen LogP contribution in [0.25, 0.3) is 0 Å². The van der Waals surface area contributed by atoms with Crippen LogP contribution in [0.15, 0.2) is 0 Å². The number of hydrogen-bond acceptors (Lipinski definition) is 0. The highest BCUT2D eigenvalue weighted by Gasteiger charge is 1.95. The van der Waals surface area contributed by atoms with Crippen molar-refractivity contribution in [3.05, 3.63) is 13.3 Å². The Morgan fingerprint density at radius 3 is 0.846 bits per heavy atom. The third kappa shape index (κ3) is 23.6. The van der Waals surface area contributed by atoms with Gasteiger partial charge in [-0.3, -0.25) is 0 Å². The Labute approximate surface area is 167 Å². The third-order valence-electron chi connectivity index (χ3n) is 5.55. The lowest BCUT2D eigenvalue weighted by Crippen LogP contribution is -1.84. The molecule has 0 spiro atoms. The van der Waals surface area contributed by atoms with Gasteiger partial charge in [0.15, 0.2) is 0 Å². The first-order chi connectivity index (χ1) is 12.9. The summed E-state index contributed by atoms with van der Waals surface area (Å²) in [5, 5.41) is 0. The van der Waals surface area contributed by atoms with E-state index in [4.69, 9.17) is 6.42 Å². The van der Waals surface area contributed by atoms with Crippen molar-refractivity contribution >= 4 is 0 Å². The molecule has 0 saturated heterocycles. The van der Waals surface area contributed by atoms with Crippen molar-refractivity contribution in [2.24, 2.45) is 0 Å². The van der Waals surface area contributed by atoms with Crippen LogP contribution >= 0.6 is 0 Å². The van der Waals surface area contributed by atoms with E-state index in [0.29, 0.717) is 0 Å². The largest absolute Gasteiger partial charge is 0.0891 e. The fourth-order valence-corrected chi connectivity index (χ4v) is 3.75. The summed E-state index contributed by atoms with van der Waals surface area (Å²) in [5.41, 5.74) is 0. The Bertz CT molecular complexity index is 272. The normalized spacial score (nSPS) is 10.9. The number of rotatable bonds is 22. The van der Waals surface area contributed by atoms with Gasteiger partial charge >= 0.3 is 0 Å². The second-order valence-corrected chi connectivity index (χ2v) is 8.20. The van der Waals surface area contributed by atoms with E-state index in [0.717, 1.165) is 12.8 Å². The molecule has 0 atom stereocenters. The van der Waals surface area contributed by atoms with Crippen LogP contribution in [0.3, 0.4) is 0 Å². The first-order valence-corrected chi connectivity index (χ1v) is 12.1. The lowest BCUT2D eigenvalue weighted by Gasteiger charge is -2.04. The molecule has 0 aliphatic heterocycles. The first-order valence-electron chi connectivity index (χ1n) is 12.1. The van der Waals surface area contributed by atoms with Crippen LogP contribution in [-0.4, -0.2) is 0 Å². The summed E-state index contributed by atoms with van der Waals surface area (Å²) in [7, 11) is 0. The lowest BCUT2D eigenvalue weighted by atomic mass is 10.0. The predicted octanol–water partition coefficient (Wildman–Crippen LogP) is 9.38. The van der Waals surface area contributed by atoms with Gasteiger partial charge in [0.05, 0.1) is 0 Å². The van der Waals surface area contributed by atoms with E-state index in [2.05, 4.69) is 12.8 Å². The van der Waals surface area contributed by atoms with Crippen molar-refractivity contribution in [2.75, 3.05) is 0 Å².